The largest absolute Gasteiger partial charge is 0.490 e. The zero-order chi connectivity index (χ0) is 14.7. The third-order valence-electron chi connectivity index (χ3n) is 5.01. The van der Waals surface area contributed by atoms with E-state index < -0.39 is 0 Å². The molecule has 1 heterocycles. The predicted octanol–water partition coefficient (Wildman–Crippen LogP) is 3.97. The van der Waals surface area contributed by atoms with Crippen LogP contribution in [-0.4, -0.2) is 18.3 Å². The molecule has 1 spiro atoms. The Balaban J connectivity index is 1.71. The highest BCUT2D eigenvalue weighted by atomic mass is 16.5. The summed E-state index contributed by atoms with van der Waals surface area (Å²) in [4.78, 5) is 0. The van der Waals surface area contributed by atoms with Crippen molar-refractivity contribution in [1.82, 2.24) is 0 Å². The number of nitrogens with two attached hydrogens (primary N) is 1. The summed E-state index contributed by atoms with van der Waals surface area (Å²) < 4.78 is 12.4. The summed E-state index contributed by atoms with van der Waals surface area (Å²) in [6.07, 6.45) is 8.19. The van der Waals surface area contributed by atoms with Crippen molar-refractivity contribution in [3.63, 3.8) is 0 Å². The molecule has 1 aliphatic carbocycles. The minimum absolute atomic E-state index is 0.0569. The quantitative estimate of drug-likeness (QED) is 0.912. The van der Waals surface area contributed by atoms with Gasteiger partial charge in [-0.05, 0) is 25.3 Å². The summed E-state index contributed by atoms with van der Waals surface area (Å²) in [6, 6.07) is 8.28. The summed E-state index contributed by atoms with van der Waals surface area (Å²) in [5, 5.41) is 0. The highest BCUT2D eigenvalue weighted by Gasteiger charge is 2.40. The van der Waals surface area contributed by atoms with Crippen LogP contribution in [0.4, 0.5) is 0 Å². The van der Waals surface area contributed by atoms with Crippen LogP contribution in [0.25, 0.3) is 0 Å². The van der Waals surface area contributed by atoms with Gasteiger partial charge in [0.2, 0.25) is 0 Å². The number of ether oxygens (including phenoxy) is 2. The topological polar surface area (TPSA) is 44.5 Å². The highest BCUT2D eigenvalue weighted by molar-refractivity contribution is 5.36. The molecule has 2 fully saturated rings. The van der Waals surface area contributed by atoms with E-state index in [2.05, 4.69) is 19.1 Å². The number of benzene rings is 1. The Labute approximate surface area is 127 Å². The van der Waals surface area contributed by atoms with Crippen LogP contribution in [-0.2, 0) is 4.74 Å². The Morgan fingerprint density at radius 3 is 2.86 bits per heavy atom. The minimum atomic E-state index is 0.0569. The first kappa shape index (κ1) is 14.9. The van der Waals surface area contributed by atoms with Crippen LogP contribution < -0.4 is 10.5 Å². The van der Waals surface area contributed by atoms with Crippen LogP contribution in [0.1, 0.15) is 63.5 Å². The van der Waals surface area contributed by atoms with Crippen molar-refractivity contribution in [1.29, 1.82) is 0 Å². The van der Waals surface area contributed by atoms with Crippen molar-refractivity contribution in [2.24, 2.45) is 5.73 Å². The summed E-state index contributed by atoms with van der Waals surface area (Å²) >= 11 is 0. The lowest BCUT2D eigenvalue weighted by Gasteiger charge is -2.38. The van der Waals surface area contributed by atoms with Crippen molar-refractivity contribution < 1.29 is 9.47 Å². The fourth-order valence-corrected chi connectivity index (χ4v) is 3.74. The van der Waals surface area contributed by atoms with Crippen LogP contribution in [0, 0.1) is 0 Å². The number of hydrogen-bond acceptors (Lipinski definition) is 3. The van der Waals surface area contributed by atoms with E-state index >= 15 is 0 Å². The smallest absolute Gasteiger partial charge is 0.124 e. The Kier molecular flexibility index (Phi) is 4.51. The average molecular weight is 289 g/mol. The SMILES string of the molecule is CC[C@@H](N)c1ccccc1OC1CCOC2(CCCC2)C1. The van der Waals surface area contributed by atoms with Gasteiger partial charge < -0.3 is 15.2 Å². The molecule has 3 nitrogen and oxygen atoms in total. The minimum Gasteiger partial charge on any atom is -0.490 e. The molecule has 2 atom stereocenters. The molecule has 1 aromatic rings. The zero-order valence-corrected chi connectivity index (χ0v) is 13.0. The van der Waals surface area contributed by atoms with E-state index in [-0.39, 0.29) is 17.7 Å². The van der Waals surface area contributed by atoms with Gasteiger partial charge >= 0.3 is 0 Å². The lowest BCUT2D eigenvalue weighted by Crippen LogP contribution is -2.41. The monoisotopic (exact) mass is 289 g/mol. The maximum Gasteiger partial charge on any atom is 0.124 e. The van der Waals surface area contributed by atoms with Crippen LogP contribution in [0.2, 0.25) is 0 Å². The first-order valence-electron chi connectivity index (χ1n) is 8.37. The molecule has 1 unspecified atom stereocenters. The van der Waals surface area contributed by atoms with Gasteiger partial charge in [-0.3, -0.25) is 0 Å². The molecule has 1 saturated carbocycles. The maximum atomic E-state index is 6.34. The second-order valence-corrected chi connectivity index (χ2v) is 6.52. The standard InChI is InChI=1S/C18H27NO2/c1-2-16(19)15-7-3-4-8-17(15)21-14-9-12-20-18(13-14)10-5-6-11-18/h3-4,7-8,14,16H,2,5-6,9-13,19H2,1H3/t14?,16-/m1/s1. The third kappa shape index (κ3) is 3.24. The fraction of sp³-hybridized carbons (Fsp3) is 0.667. The second-order valence-electron chi connectivity index (χ2n) is 6.52. The molecule has 0 radical (unpaired) electrons. The van der Waals surface area contributed by atoms with Gasteiger partial charge in [0.25, 0.3) is 0 Å². The lowest BCUT2D eigenvalue weighted by molar-refractivity contribution is -0.108. The summed E-state index contributed by atoms with van der Waals surface area (Å²) in [6.45, 7) is 2.94. The van der Waals surface area contributed by atoms with Gasteiger partial charge in [-0.1, -0.05) is 38.0 Å². The molecular weight excluding hydrogens is 262 g/mol. The molecule has 0 bridgehead atoms. The van der Waals surface area contributed by atoms with Crippen LogP contribution >= 0.6 is 0 Å². The Morgan fingerprint density at radius 1 is 1.33 bits per heavy atom. The van der Waals surface area contributed by atoms with Crippen LogP contribution in [0.3, 0.4) is 0 Å². The molecule has 116 valence electrons. The number of para-hydroxylation sites is 1. The van der Waals surface area contributed by atoms with Crippen molar-refractivity contribution in [3.8, 4) is 5.75 Å². The van der Waals surface area contributed by atoms with Crippen molar-refractivity contribution >= 4 is 0 Å². The molecular formula is C18H27NO2. The average Bonchev–Trinajstić information content (AvgIpc) is 2.95. The number of hydrogen-bond donors (Lipinski definition) is 1. The van der Waals surface area contributed by atoms with Crippen molar-refractivity contribution in [3.05, 3.63) is 29.8 Å². The van der Waals surface area contributed by atoms with E-state index in [0.29, 0.717) is 0 Å². The molecule has 21 heavy (non-hydrogen) atoms. The van der Waals surface area contributed by atoms with E-state index in [4.69, 9.17) is 15.2 Å². The van der Waals surface area contributed by atoms with E-state index in [1.54, 1.807) is 0 Å². The first-order chi connectivity index (χ1) is 10.2. The molecule has 2 aliphatic rings. The van der Waals surface area contributed by atoms with Gasteiger partial charge in [0.15, 0.2) is 0 Å². The fourth-order valence-electron chi connectivity index (χ4n) is 3.74. The zero-order valence-electron chi connectivity index (χ0n) is 13.0. The summed E-state index contributed by atoms with van der Waals surface area (Å²) in [5.74, 6) is 0.965. The van der Waals surface area contributed by atoms with Gasteiger partial charge in [-0.15, -0.1) is 0 Å². The van der Waals surface area contributed by atoms with Crippen LogP contribution in [0.5, 0.6) is 5.75 Å². The molecule has 3 heteroatoms. The molecule has 0 aromatic heterocycles. The normalized spacial score (nSPS) is 25.9. The van der Waals surface area contributed by atoms with Gasteiger partial charge in [0.05, 0.1) is 12.2 Å². The van der Waals surface area contributed by atoms with E-state index in [0.717, 1.165) is 37.2 Å². The molecule has 1 aliphatic heterocycles. The maximum absolute atomic E-state index is 6.34. The predicted molar refractivity (Wildman–Crippen MR) is 84.5 cm³/mol. The van der Waals surface area contributed by atoms with Crippen molar-refractivity contribution in [2.45, 2.75) is 69.6 Å². The van der Waals surface area contributed by atoms with Gasteiger partial charge in [-0.2, -0.15) is 0 Å². The second kappa shape index (κ2) is 6.37. The summed E-state index contributed by atoms with van der Waals surface area (Å²) in [5.41, 5.74) is 7.44. The first-order valence-corrected chi connectivity index (χ1v) is 8.37. The van der Waals surface area contributed by atoms with E-state index in [1.807, 2.05) is 12.1 Å². The molecule has 1 aromatic carbocycles. The van der Waals surface area contributed by atoms with Crippen LogP contribution in [0.15, 0.2) is 24.3 Å². The van der Waals surface area contributed by atoms with Crippen molar-refractivity contribution in [2.75, 3.05) is 6.61 Å². The summed E-state index contributed by atoms with van der Waals surface area (Å²) in [7, 11) is 0. The highest BCUT2D eigenvalue weighted by Crippen LogP contribution is 2.41. The molecule has 2 N–H and O–H groups in total. The lowest BCUT2D eigenvalue weighted by atomic mass is 9.90. The van der Waals surface area contributed by atoms with Gasteiger partial charge in [-0.25, -0.2) is 0 Å². The molecule has 0 amide bonds. The van der Waals surface area contributed by atoms with Gasteiger partial charge in [0, 0.05) is 24.4 Å². The molecule has 1 saturated heterocycles. The van der Waals surface area contributed by atoms with E-state index in [9.17, 15) is 0 Å². The Hall–Kier alpha value is -1.06. The Morgan fingerprint density at radius 2 is 2.10 bits per heavy atom. The van der Waals surface area contributed by atoms with Gasteiger partial charge in [0.1, 0.15) is 11.9 Å². The third-order valence-corrected chi connectivity index (χ3v) is 5.01. The number of rotatable bonds is 4. The van der Waals surface area contributed by atoms with E-state index in [1.165, 1.54) is 25.7 Å². The molecule has 3 rings (SSSR count). The Bertz CT molecular complexity index is 468.